The minimum Gasteiger partial charge on any atom is -0.320 e. The van der Waals surface area contributed by atoms with Crippen molar-refractivity contribution in [2.24, 2.45) is 0 Å². The highest BCUT2D eigenvalue weighted by Crippen LogP contribution is 2.27. The lowest BCUT2D eigenvalue weighted by atomic mass is 10.2. The Labute approximate surface area is 151 Å². The van der Waals surface area contributed by atoms with Gasteiger partial charge in [0.05, 0.1) is 6.54 Å². The van der Waals surface area contributed by atoms with Crippen LogP contribution in [0.2, 0.25) is 0 Å². The number of halogens is 5. The van der Waals surface area contributed by atoms with Gasteiger partial charge in [0, 0.05) is 11.4 Å². The first-order valence-corrected chi connectivity index (χ1v) is 8.59. The van der Waals surface area contributed by atoms with Gasteiger partial charge in [-0.1, -0.05) is 12.1 Å². The number of anilines is 1. The molecule has 0 aromatic heterocycles. The van der Waals surface area contributed by atoms with Crippen molar-refractivity contribution >= 4 is 23.4 Å². The number of nitrogens with one attached hydrogen (secondary N) is 1. The van der Waals surface area contributed by atoms with E-state index in [0.717, 1.165) is 10.5 Å². The Morgan fingerprint density at radius 1 is 0.962 bits per heavy atom. The Kier molecular flexibility index (Phi) is 6.60. The summed E-state index contributed by atoms with van der Waals surface area (Å²) < 4.78 is 66.4. The second-order valence-corrected chi connectivity index (χ2v) is 6.39. The second kappa shape index (κ2) is 8.50. The smallest absolute Gasteiger partial charge is 0.238 e. The summed E-state index contributed by atoms with van der Waals surface area (Å²) in [5, 5.41) is 1.74. The van der Waals surface area contributed by atoms with Crippen LogP contribution in [0.25, 0.3) is 0 Å². The molecule has 9 heteroatoms. The Morgan fingerprint density at radius 2 is 1.46 bits per heavy atom. The third-order valence-electron chi connectivity index (χ3n) is 3.50. The average Bonchev–Trinajstić information content (AvgIpc) is 2.62. The quantitative estimate of drug-likeness (QED) is 0.348. The molecule has 0 aliphatic rings. The van der Waals surface area contributed by atoms with Gasteiger partial charge in [-0.25, -0.2) is 22.0 Å². The highest BCUT2D eigenvalue weighted by atomic mass is 32.2. The Morgan fingerprint density at radius 3 is 1.96 bits per heavy atom. The molecular weight excluding hydrogens is 375 g/mol. The molecule has 0 aliphatic heterocycles. The van der Waals surface area contributed by atoms with Crippen molar-refractivity contribution in [3.63, 3.8) is 0 Å². The lowest BCUT2D eigenvalue weighted by Gasteiger charge is -2.17. The van der Waals surface area contributed by atoms with Crippen molar-refractivity contribution in [2.75, 3.05) is 25.2 Å². The van der Waals surface area contributed by atoms with Crippen LogP contribution in [0.1, 0.15) is 5.56 Å². The van der Waals surface area contributed by atoms with Gasteiger partial charge in [0.15, 0.2) is 23.3 Å². The van der Waals surface area contributed by atoms with E-state index in [0.29, 0.717) is 6.54 Å². The summed E-state index contributed by atoms with van der Waals surface area (Å²) in [4.78, 5) is 14.5. The maximum absolute atomic E-state index is 13.6. The van der Waals surface area contributed by atoms with Crippen LogP contribution < -0.4 is 5.32 Å². The third-order valence-corrected chi connectivity index (χ3v) is 4.24. The number of carbonyl (C=O) groups excluding carboxylic acids is 1. The summed E-state index contributed by atoms with van der Waals surface area (Å²) in [6.07, 6.45) is 1.94. The maximum atomic E-state index is 13.6. The molecule has 26 heavy (non-hydrogen) atoms. The topological polar surface area (TPSA) is 32.3 Å². The van der Waals surface area contributed by atoms with Gasteiger partial charge in [-0.3, -0.25) is 9.69 Å². The summed E-state index contributed by atoms with van der Waals surface area (Å²) in [5.74, 6) is -11.6. The molecule has 0 bridgehead atoms. The van der Waals surface area contributed by atoms with E-state index in [4.69, 9.17) is 0 Å². The van der Waals surface area contributed by atoms with E-state index in [1.807, 2.05) is 30.5 Å². The fourth-order valence-electron chi connectivity index (χ4n) is 2.24. The largest absolute Gasteiger partial charge is 0.320 e. The van der Waals surface area contributed by atoms with Crippen molar-refractivity contribution < 1.29 is 26.7 Å². The van der Waals surface area contributed by atoms with Crippen LogP contribution in [0, 0.1) is 29.1 Å². The zero-order chi connectivity index (χ0) is 19.4. The standard InChI is InChI=1S/C17H15F5N2OS/c1-24(7-9-3-5-10(26-2)6-4-9)8-11(25)23-17-15(21)13(19)12(18)14(20)16(17)22/h3-6H,7-8H2,1-2H3,(H,23,25). The van der Waals surface area contributed by atoms with Crippen LogP contribution >= 0.6 is 11.8 Å². The van der Waals surface area contributed by atoms with E-state index in [9.17, 15) is 26.7 Å². The first-order valence-electron chi connectivity index (χ1n) is 7.37. The van der Waals surface area contributed by atoms with Gasteiger partial charge in [0.2, 0.25) is 11.7 Å². The van der Waals surface area contributed by atoms with Gasteiger partial charge < -0.3 is 5.32 Å². The lowest BCUT2D eigenvalue weighted by molar-refractivity contribution is -0.117. The second-order valence-electron chi connectivity index (χ2n) is 5.51. The Hall–Kier alpha value is -2.13. The first kappa shape index (κ1) is 20.2. The van der Waals surface area contributed by atoms with Gasteiger partial charge in [0.25, 0.3) is 0 Å². The normalized spacial score (nSPS) is 11.1. The van der Waals surface area contributed by atoms with Crippen LogP contribution in [-0.2, 0) is 11.3 Å². The van der Waals surface area contributed by atoms with Gasteiger partial charge >= 0.3 is 0 Å². The number of carbonyl (C=O) groups is 1. The van der Waals surface area contributed by atoms with E-state index >= 15 is 0 Å². The highest BCUT2D eigenvalue weighted by molar-refractivity contribution is 7.98. The number of thioether (sulfide) groups is 1. The molecule has 1 N–H and O–H groups in total. The molecular formula is C17H15F5N2OS. The molecule has 0 aliphatic carbocycles. The summed E-state index contributed by atoms with van der Waals surface area (Å²) in [6, 6.07) is 7.54. The molecule has 0 spiro atoms. The van der Waals surface area contributed by atoms with Gasteiger partial charge in [-0.2, -0.15) is 0 Å². The number of benzene rings is 2. The molecule has 140 valence electrons. The molecule has 0 fully saturated rings. The molecule has 2 aromatic rings. The molecule has 0 atom stereocenters. The SMILES string of the molecule is CSc1ccc(CN(C)CC(=O)Nc2c(F)c(F)c(F)c(F)c2F)cc1. The molecule has 2 rings (SSSR count). The molecule has 0 saturated heterocycles. The minimum atomic E-state index is -2.27. The zero-order valence-corrected chi connectivity index (χ0v) is 14.7. The van der Waals surface area contributed by atoms with E-state index in [2.05, 4.69) is 0 Å². The predicted octanol–water partition coefficient (Wildman–Crippen LogP) is 4.17. The number of hydrogen-bond acceptors (Lipinski definition) is 3. The summed E-state index contributed by atoms with van der Waals surface area (Å²) in [6.45, 7) is 0.0585. The predicted molar refractivity (Wildman–Crippen MR) is 89.4 cm³/mol. The molecule has 0 unspecified atom stereocenters. The van der Waals surface area contributed by atoms with Crippen LogP contribution in [-0.4, -0.2) is 30.7 Å². The zero-order valence-electron chi connectivity index (χ0n) is 13.9. The Balaban J connectivity index is 2.04. The number of hydrogen-bond donors (Lipinski definition) is 1. The minimum absolute atomic E-state index is 0.302. The van der Waals surface area contributed by atoms with Crippen LogP contribution in [0.15, 0.2) is 29.2 Å². The lowest BCUT2D eigenvalue weighted by Crippen LogP contribution is -2.30. The number of likely N-dealkylation sites (N-methyl/N-ethyl adjacent to an activating group) is 1. The molecule has 1 amide bonds. The average molecular weight is 390 g/mol. The number of amides is 1. The summed E-state index contributed by atoms with van der Waals surface area (Å²) in [7, 11) is 1.58. The monoisotopic (exact) mass is 390 g/mol. The number of rotatable bonds is 6. The molecule has 0 radical (unpaired) electrons. The van der Waals surface area contributed by atoms with Crippen LogP contribution in [0.5, 0.6) is 0 Å². The summed E-state index contributed by atoms with van der Waals surface area (Å²) >= 11 is 1.58. The molecule has 2 aromatic carbocycles. The van der Waals surface area contributed by atoms with Gasteiger partial charge in [-0.15, -0.1) is 11.8 Å². The van der Waals surface area contributed by atoms with Crippen molar-refractivity contribution in [3.05, 3.63) is 58.9 Å². The van der Waals surface area contributed by atoms with Gasteiger partial charge in [-0.05, 0) is 31.0 Å². The van der Waals surface area contributed by atoms with Crippen molar-refractivity contribution in [1.82, 2.24) is 4.90 Å². The first-order chi connectivity index (χ1) is 12.2. The maximum Gasteiger partial charge on any atom is 0.238 e. The van der Waals surface area contributed by atoms with E-state index in [1.54, 1.807) is 24.1 Å². The van der Waals surface area contributed by atoms with E-state index in [-0.39, 0.29) is 6.54 Å². The molecule has 0 heterocycles. The highest BCUT2D eigenvalue weighted by Gasteiger charge is 2.26. The van der Waals surface area contributed by atoms with E-state index in [1.165, 1.54) is 4.90 Å². The van der Waals surface area contributed by atoms with Crippen molar-refractivity contribution in [1.29, 1.82) is 0 Å². The molecule has 0 saturated carbocycles. The Bertz CT molecular complexity index is 785. The fourth-order valence-corrected chi connectivity index (χ4v) is 2.65. The van der Waals surface area contributed by atoms with E-state index < -0.39 is 40.7 Å². The van der Waals surface area contributed by atoms with Gasteiger partial charge in [0.1, 0.15) is 5.69 Å². The summed E-state index contributed by atoms with van der Waals surface area (Å²) in [5.41, 5.74) is -0.460. The third kappa shape index (κ3) is 4.53. The van der Waals surface area contributed by atoms with Crippen LogP contribution in [0.4, 0.5) is 27.6 Å². The van der Waals surface area contributed by atoms with Crippen molar-refractivity contribution in [2.45, 2.75) is 11.4 Å². The van der Waals surface area contributed by atoms with Crippen molar-refractivity contribution in [3.8, 4) is 0 Å². The van der Waals surface area contributed by atoms with Crippen LogP contribution in [0.3, 0.4) is 0 Å². The number of nitrogens with zero attached hydrogens (tertiary/aromatic N) is 1. The fraction of sp³-hybridized carbons (Fsp3) is 0.235. The molecule has 3 nitrogen and oxygen atoms in total.